The second-order valence-corrected chi connectivity index (χ2v) is 5.82. The van der Waals surface area contributed by atoms with E-state index in [9.17, 15) is 0 Å². The topological polar surface area (TPSA) is 42.7 Å². The van der Waals surface area contributed by atoms with Crippen LogP contribution < -0.4 is 5.32 Å². The number of aromatic nitrogens is 3. The lowest BCUT2D eigenvalue weighted by Gasteiger charge is -2.22. The van der Waals surface area contributed by atoms with E-state index in [0.717, 1.165) is 18.2 Å². The van der Waals surface area contributed by atoms with Gasteiger partial charge in [0.1, 0.15) is 5.82 Å². The highest BCUT2D eigenvalue weighted by Crippen LogP contribution is 2.26. The van der Waals surface area contributed by atoms with Crippen molar-refractivity contribution in [3.05, 3.63) is 5.82 Å². The fourth-order valence-electron chi connectivity index (χ4n) is 2.19. The van der Waals surface area contributed by atoms with Crippen molar-refractivity contribution in [1.82, 2.24) is 14.8 Å². The Kier molecular flexibility index (Phi) is 3.94. The van der Waals surface area contributed by atoms with Crippen LogP contribution >= 0.6 is 0 Å². The first-order chi connectivity index (χ1) is 7.33. The summed E-state index contributed by atoms with van der Waals surface area (Å²) in [6, 6.07) is 0. The molecule has 1 heterocycles. The van der Waals surface area contributed by atoms with Gasteiger partial charge in [0.2, 0.25) is 5.95 Å². The summed E-state index contributed by atoms with van der Waals surface area (Å²) in [5, 5.41) is 11.3. The molecular weight excluding hydrogens is 200 g/mol. The third kappa shape index (κ3) is 3.51. The Morgan fingerprint density at radius 3 is 2.38 bits per heavy atom. The molecule has 0 radical (unpaired) electrons. The lowest BCUT2D eigenvalue weighted by molar-refractivity contribution is 0.302. The molecular formula is C12H24N4. The second kappa shape index (κ2) is 4.85. The summed E-state index contributed by atoms with van der Waals surface area (Å²) < 4.78 is 2.03. The Hall–Kier alpha value is -1.06. The van der Waals surface area contributed by atoms with E-state index in [0.29, 0.717) is 11.3 Å². The summed E-state index contributed by atoms with van der Waals surface area (Å²) in [5.41, 5.74) is 0.379. The lowest BCUT2D eigenvalue weighted by Crippen LogP contribution is -2.14. The molecule has 4 nitrogen and oxygen atoms in total. The Balaban J connectivity index is 2.63. The van der Waals surface area contributed by atoms with Crippen LogP contribution in [0.3, 0.4) is 0 Å². The summed E-state index contributed by atoms with van der Waals surface area (Å²) in [7, 11) is 3.87. The van der Waals surface area contributed by atoms with Gasteiger partial charge in [0.15, 0.2) is 0 Å². The average molecular weight is 224 g/mol. The van der Waals surface area contributed by atoms with Crippen molar-refractivity contribution in [2.45, 2.75) is 40.5 Å². The molecule has 4 heteroatoms. The van der Waals surface area contributed by atoms with Crippen molar-refractivity contribution in [1.29, 1.82) is 0 Å². The molecule has 1 aromatic heterocycles. The zero-order chi connectivity index (χ0) is 12.3. The van der Waals surface area contributed by atoms with E-state index in [1.165, 1.54) is 6.42 Å². The van der Waals surface area contributed by atoms with Crippen LogP contribution in [0, 0.1) is 11.3 Å². The van der Waals surface area contributed by atoms with Crippen molar-refractivity contribution in [2.24, 2.45) is 18.4 Å². The molecule has 1 rings (SSSR count). The van der Waals surface area contributed by atoms with Gasteiger partial charge in [-0.25, -0.2) is 0 Å². The number of rotatable bonds is 4. The maximum absolute atomic E-state index is 4.21. The molecule has 0 amide bonds. The zero-order valence-electron chi connectivity index (χ0n) is 11.3. The molecule has 0 saturated heterocycles. The Morgan fingerprint density at radius 1 is 1.31 bits per heavy atom. The minimum atomic E-state index is 0.379. The monoisotopic (exact) mass is 224 g/mol. The summed E-state index contributed by atoms with van der Waals surface area (Å²) in [5.74, 6) is 2.52. The summed E-state index contributed by atoms with van der Waals surface area (Å²) in [6.45, 7) is 9.11. The molecule has 0 aliphatic heterocycles. The van der Waals surface area contributed by atoms with Gasteiger partial charge in [-0.2, -0.15) is 0 Å². The van der Waals surface area contributed by atoms with E-state index in [2.05, 4.69) is 43.2 Å². The Bertz CT molecular complexity index is 335. The molecule has 1 aromatic rings. The minimum Gasteiger partial charge on any atom is -0.357 e. The largest absolute Gasteiger partial charge is 0.357 e. The molecule has 1 atom stereocenters. The number of hydrogen-bond acceptors (Lipinski definition) is 3. The van der Waals surface area contributed by atoms with E-state index >= 15 is 0 Å². The highest BCUT2D eigenvalue weighted by Gasteiger charge is 2.18. The van der Waals surface area contributed by atoms with Gasteiger partial charge in [-0.1, -0.05) is 27.7 Å². The van der Waals surface area contributed by atoms with E-state index in [1.54, 1.807) is 0 Å². The molecule has 0 aliphatic rings. The van der Waals surface area contributed by atoms with E-state index in [1.807, 2.05) is 18.7 Å². The van der Waals surface area contributed by atoms with Crippen LogP contribution in [0.25, 0.3) is 0 Å². The molecule has 92 valence electrons. The number of hydrogen-bond donors (Lipinski definition) is 1. The van der Waals surface area contributed by atoms with Gasteiger partial charge in [-0.3, -0.25) is 0 Å². The average Bonchev–Trinajstić information content (AvgIpc) is 2.44. The van der Waals surface area contributed by atoms with Crippen LogP contribution in [0.15, 0.2) is 0 Å². The molecule has 0 saturated carbocycles. The van der Waals surface area contributed by atoms with Gasteiger partial charge in [0.05, 0.1) is 0 Å². The van der Waals surface area contributed by atoms with Crippen molar-refractivity contribution in [2.75, 3.05) is 12.4 Å². The van der Waals surface area contributed by atoms with Gasteiger partial charge >= 0.3 is 0 Å². The molecule has 0 spiro atoms. The first kappa shape index (κ1) is 13.0. The molecule has 0 aliphatic carbocycles. The smallest absolute Gasteiger partial charge is 0.224 e. The molecule has 1 unspecified atom stereocenters. The summed E-state index contributed by atoms with van der Waals surface area (Å²) >= 11 is 0. The first-order valence-corrected chi connectivity index (χ1v) is 5.89. The van der Waals surface area contributed by atoms with E-state index in [-0.39, 0.29) is 0 Å². The van der Waals surface area contributed by atoms with Crippen LogP contribution in [-0.2, 0) is 13.5 Å². The zero-order valence-corrected chi connectivity index (χ0v) is 11.3. The third-order valence-electron chi connectivity index (χ3n) is 2.68. The highest BCUT2D eigenvalue weighted by molar-refractivity contribution is 5.23. The summed E-state index contributed by atoms with van der Waals surface area (Å²) in [4.78, 5) is 0. The summed E-state index contributed by atoms with van der Waals surface area (Å²) in [6.07, 6.45) is 2.19. The lowest BCUT2D eigenvalue weighted by atomic mass is 9.84. The van der Waals surface area contributed by atoms with Crippen LogP contribution in [0.4, 0.5) is 5.95 Å². The van der Waals surface area contributed by atoms with Gasteiger partial charge in [0, 0.05) is 20.5 Å². The number of nitrogens with one attached hydrogen (secondary N) is 1. The Labute approximate surface area is 98.5 Å². The van der Waals surface area contributed by atoms with Gasteiger partial charge in [0.25, 0.3) is 0 Å². The molecule has 1 N–H and O–H groups in total. The third-order valence-corrected chi connectivity index (χ3v) is 2.68. The first-order valence-electron chi connectivity index (χ1n) is 5.89. The van der Waals surface area contributed by atoms with Crippen molar-refractivity contribution >= 4 is 5.95 Å². The molecule has 0 aromatic carbocycles. The standard InChI is InChI=1S/C12H24N4/c1-9(8-12(2,3)4)7-10-14-15-11(13-5)16(10)6/h9H,7-8H2,1-6H3,(H,13,15). The predicted molar refractivity (Wildman–Crippen MR) is 67.5 cm³/mol. The number of nitrogens with zero attached hydrogens (tertiary/aromatic N) is 3. The molecule has 0 bridgehead atoms. The minimum absolute atomic E-state index is 0.379. The van der Waals surface area contributed by atoms with Gasteiger partial charge < -0.3 is 9.88 Å². The van der Waals surface area contributed by atoms with Gasteiger partial charge in [-0.05, 0) is 17.8 Å². The predicted octanol–water partition coefficient (Wildman–Crippen LogP) is 2.47. The quantitative estimate of drug-likeness (QED) is 0.854. The maximum Gasteiger partial charge on any atom is 0.224 e. The molecule has 0 fully saturated rings. The van der Waals surface area contributed by atoms with Crippen molar-refractivity contribution in [3.63, 3.8) is 0 Å². The van der Waals surface area contributed by atoms with E-state index < -0.39 is 0 Å². The van der Waals surface area contributed by atoms with Crippen molar-refractivity contribution < 1.29 is 0 Å². The molecule has 16 heavy (non-hydrogen) atoms. The fourth-order valence-corrected chi connectivity index (χ4v) is 2.19. The number of anilines is 1. The second-order valence-electron chi connectivity index (χ2n) is 5.82. The van der Waals surface area contributed by atoms with Crippen LogP contribution in [0.5, 0.6) is 0 Å². The van der Waals surface area contributed by atoms with Crippen LogP contribution in [0.2, 0.25) is 0 Å². The van der Waals surface area contributed by atoms with Crippen molar-refractivity contribution in [3.8, 4) is 0 Å². The normalized spacial score (nSPS) is 13.9. The van der Waals surface area contributed by atoms with E-state index in [4.69, 9.17) is 0 Å². The van der Waals surface area contributed by atoms with Crippen LogP contribution in [0.1, 0.15) is 39.9 Å². The van der Waals surface area contributed by atoms with Gasteiger partial charge in [-0.15, -0.1) is 10.2 Å². The SMILES string of the molecule is CNc1nnc(CC(C)CC(C)(C)C)n1C. The Morgan fingerprint density at radius 2 is 1.94 bits per heavy atom. The fraction of sp³-hybridized carbons (Fsp3) is 0.833. The highest BCUT2D eigenvalue weighted by atomic mass is 15.3. The van der Waals surface area contributed by atoms with Crippen LogP contribution in [-0.4, -0.2) is 21.8 Å². The maximum atomic E-state index is 4.21.